The third-order valence-electron chi connectivity index (χ3n) is 14.9. The molecule has 1 aromatic heterocycles. The van der Waals surface area contributed by atoms with Gasteiger partial charge in [-0.15, -0.1) is 0 Å². The van der Waals surface area contributed by atoms with Gasteiger partial charge in [-0.3, -0.25) is 0 Å². The van der Waals surface area contributed by atoms with Crippen molar-refractivity contribution in [1.29, 1.82) is 0 Å². The van der Waals surface area contributed by atoms with Gasteiger partial charge in [0, 0.05) is 90.6 Å². The van der Waals surface area contributed by atoms with Crippen molar-refractivity contribution in [2.45, 2.75) is 13.3 Å². The lowest BCUT2D eigenvalue weighted by atomic mass is 9.96. The van der Waals surface area contributed by atoms with E-state index in [1.54, 1.807) is 0 Å². The van der Waals surface area contributed by atoms with Crippen molar-refractivity contribution in [2.24, 2.45) is 5.92 Å². The molecule has 1 atom stereocenters. The molecule has 1 heterocycles. The van der Waals surface area contributed by atoms with Crippen LogP contribution < -0.4 is 19.6 Å². The first-order chi connectivity index (χ1) is 38.6. The van der Waals surface area contributed by atoms with Crippen molar-refractivity contribution in [2.75, 3.05) is 19.6 Å². The van der Waals surface area contributed by atoms with E-state index in [0.29, 0.717) is 5.92 Å². The Bertz CT molecular complexity index is 3990. The van der Waals surface area contributed by atoms with Crippen LogP contribution in [-0.2, 0) is 0 Å². The maximum absolute atomic E-state index is 2.42. The van der Waals surface area contributed by atoms with Gasteiger partial charge in [0.1, 0.15) is 0 Å². The highest BCUT2D eigenvalue weighted by Crippen LogP contribution is 2.45. The molecule has 5 nitrogen and oxygen atoms in total. The van der Waals surface area contributed by atoms with Crippen LogP contribution in [-0.4, -0.2) is 4.57 Å². The Morgan fingerprint density at radius 1 is 0.308 bits per heavy atom. The molecule has 11 aromatic carbocycles. The highest BCUT2D eigenvalue weighted by molar-refractivity contribution is 6.12. The average Bonchev–Trinajstić information content (AvgIpc) is 3.84. The van der Waals surface area contributed by atoms with Crippen molar-refractivity contribution >= 4 is 84.4 Å². The summed E-state index contributed by atoms with van der Waals surface area (Å²) in [4.78, 5) is 9.47. The lowest BCUT2D eigenvalue weighted by Crippen LogP contribution is -2.22. The van der Waals surface area contributed by atoms with E-state index in [1.165, 1.54) is 16.8 Å². The van der Waals surface area contributed by atoms with Crippen LogP contribution >= 0.6 is 0 Å². The summed E-state index contributed by atoms with van der Waals surface area (Å²) in [6, 6.07) is 105. The lowest BCUT2D eigenvalue weighted by Gasteiger charge is -2.33. The van der Waals surface area contributed by atoms with Gasteiger partial charge in [0.15, 0.2) is 0 Å². The van der Waals surface area contributed by atoms with Crippen molar-refractivity contribution in [1.82, 2.24) is 4.57 Å². The molecule has 0 fully saturated rings. The summed E-state index contributed by atoms with van der Waals surface area (Å²) in [5, 5.41) is 2.31. The summed E-state index contributed by atoms with van der Waals surface area (Å²) < 4.78 is 2.42. The molecule has 1 aliphatic rings. The molecular weight excluding hydrogens is 947 g/mol. The first-order valence-corrected chi connectivity index (χ1v) is 26.9. The molecule has 0 aliphatic heterocycles. The van der Waals surface area contributed by atoms with Crippen molar-refractivity contribution < 1.29 is 0 Å². The van der Waals surface area contributed by atoms with Gasteiger partial charge in [0.25, 0.3) is 0 Å². The van der Waals surface area contributed by atoms with Crippen LogP contribution in [0.25, 0.3) is 38.6 Å². The fourth-order valence-electron chi connectivity index (χ4n) is 11.2. The van der Waals surface area contributed by atoms with E-state index in [-0.39, 0.29) is 0 Å². The highest BCUT2D eigenvalue weighted by atomic mass is 15.2. The predicted molar refractivity (Wildman–Crippen MR) is 330 cm³/mol. The molecule has 0 saturated carbocycles. The van der Waals surface area contributed by atoms with E-state index >= 15 is 0 Å². The quantitative estimate of drug-likeness (QED) is 0.108. The van der Waals surface area contributed by atoms with Crippen molar-refractivity contribution in [3.63, 3.8) is 0 Å². The minimum absolute atomic E-state index is 0.378. The van der Waals surface area contributed by atoms with Gasteiger partial charge >= 0.3 is 0 Å². The molecule has 0 saturated heterocycles. The molecule has 5 heteroatoms. The zero-order valence-corrected chi connectivity index (χ0v) is 43.5. The number of rotatable bonds is 14. The normalized spacial score (nSPS) is 13.0. The SMILES string of the molecule is CC1CC=CC=C1N(c1ccccc1)c1ccc(N(c2ccccc2)c2ccc3c(c2)c2cc(N(c4ccccc4)c4ccc(N(c5ccccc5)c5ccccc5)cc4)ccc2n3-c2ccc(-c3ccccc3)cc2)cc1. The largest absolute Gasteiger partial charge is 0.314 e. The van der Waals surface area contributed by atoms with Crippen LogP contribution in [0.1, 0.15) is 13.3 Å². The number of anilines is 11. The topological polar surface area (TPSA) is 17.9 Å². The van der Waals surface area contributed by atoms with Crippen LogP contribution in [0, 0.1) is 5.92 Å². The van der Waals surface area contributed by atoms with E-state index in [2.05, 4.69) is 341 Å². The minimum atomic E-state index is 0.378. The lowest BCUT2D eigenvalue weighted by molar-refractivity contribution is 0.670. The third-order valence-corrected chi connectivity index (χ3v) is 14.9. The fraction of sp³-hybridized carbons (Fsp3) is 0.0411. The number of fused-ring (bicyclic) bond motifs is 3. The van der Waals surface area contributed by atoms with Gasteiger partial charge in [0.2, 0.25) is 0 Å². The molecule has 374 valence electrons. The molecule has 1 aliphatic carbocycles. The Morgan fingerprint density at radius 3 is 1.00 bits per heavy atom. The number of nitrogens with zero attached hydrogens (tertiary/aromatic N) is 5. The molecule has 0 radical (unpaired) electrons. The number of para-hydroxylation sites is 5. The molecule has 0 bridgehead atoms. The minimum Gasteiger partial charge on any atom is -0.314 e. The molecule has 78 heavy (non-hydrogen) atoms. The van der Waals surface area contributed by atoms with Crippen LogP contribution in [0.3, 0.4) is 0 Å². The number of aromatic nitrogens is 1. The number of allylic oxidation sites excluding steroid dienone is 4. The van der Waals surface area contributed by atoms with Gasteiger partial charge in [-0.2, -0.15) is 0 Å². The zero-order valence-electron chi connectivity index (χ0n) is 43.5. The van der Waals surface area contributed by atoms with Crippen molar-refractivity contribution in [3.05, 3.63) is 315 Å². The fourth-order valence-corrected chi connectivity index (χ4v) is 11.2. The second-order valence-corrected chi connectivity index (χ2v) is 19.9. The molecule has 13 rings (SSSR count). The van der Waals surface area contributed by atoms with Gasteiger partial charge in [-0.05, 0) is 181 Å². The Kier molecular flexibility index (Phi) is 13.0. The first kappa shape index (κ1) is 47.6. The Morgan fingerprint density at radius 2 is 0.615 bits per heavy atom. The van der Waals surface area contributed by atoms with Gasteiger partial charge in [-0.25, -0.2) is 0 Å². The summed E-state index contributed by atoms with van der Waals surface area (Å²) in [5.41, 5.74) is 19.0. The zero-order chi connectivity index (χ0) is 52.2. The van der Waals surface area contributed by atoms with Crippen LogP contribution in [0.15, 0.2) is 315 Å². The van der Waals surface area contributed by atoms with Crippen LogP contribution in [0.4, 0.5) is 62.6 Å². The summed E-state index contributed by atoms with van der Waals surface area (Å²) in [6.45, 7) is 2.32. The number of hydrogen-bond acceptors (Lipinski definition) is 4. The molecular formula is C73H57N5. The summed E-state index contributed by atoms with van der Waals surface area (Å²) in [6.07, 6.45) is 7.73. The first-order valence-electron chi connectivity index (χ1n) is 26.9. The van der Waals surface area contributed by atoms with E-state index in [0.717, 1.165) is 96.5 Å². The van der Waals surface area contributed by atoms with E-state index < -0.39 is 0 Å². The number of benzene rings is 11. The molecule has 0 spiro atoms. The van der Waals surface area contributed by atoms with E-state index in [1.807, 2.05) is 0 Å². The van der Waals surface area contributed by atoms with Crippen LogP contribution in [0.5, 0.6) is 0 Å². The van der Waals surface area contributed by atoms with E-state index in [4.69, 9.17) is 0 Å². The van der Waals surface area contributed by atoms with E-state index in [9.17, 15) is 0 Å². The summed E-state index contributed by atoms with van der Waals surface area (Å²) in [5.74, 6) is 0.378. The number of hydrogen-bond donors (Lipinski definition) is 0. The summed E-state index contributed by atoms with van der Waals surface area (Å²) in [7, 11) is 0. The maximum atomic E-state index is 2.42. The standard InChI is InChI=1S/C73H57N5/c1-54-22-20-21-35-71(54)77(61-33-18-7-19-34-61)65-46-44-64(45-47-65)76(60-31-16-6-17-32-60)68-49-51-73-70(53-68)69-52-67(48-50-72(69)78(73)66-38-36-56(37-39-66)55-23-8-2-9-24-55)75(59-29-14-5-15-30-59)63-42-40-62(41-43-63)74(57-25-10-3-11-26-57)58-27-12-4-13-28-58/h2-21,23-54H,22H2,1H3. The molecule has 12 aromatic rings. The monoisotopic (exact) mass is 1000 g/mol. The third kappa shape index (κ3) is 9.29. The molecule has 1 unspecified atom stereocenters. The molecule has 0 N–H and O–H groups in total. The van der Waals surface area contributed by atoms with Gasteiger partial charge in [-0.1, -0.05) is 153 Å². The second kappa shape index (κ2) is 21.3. The Labute approximate surface area is 457 Å². The predicted octanol–water partition coefficient (Wildman–Crippen LogP) is 20.5. The Balaban J connectivity index is 0.958. The maximum Gasteiger partial charge on any atom is 0.0542 e. The molecule has 0 amide bonds. The highest BCUT2D eigenvalue weighted by Gasteiger charge is 2.24. The second-order valence-electron chi connectivity index (χ2n) is 19.9. The Hall–Kier alpha value is -10.1. The smallest absolute Gasteiger partial charge is 0.0542 e. The average molecular weight is 1000 g/mol. The van der Waals surface area contributed by atoms with Gasteiger partial charge < -0.3 is 24.2 Å². The summed E-state index contributed by atoms with van der Waals surface area (Å²) >= 11 is 0. The van der Waals surface area contributed by atoms with Crippen molar-refractivity contribution in [3.8, 4) is 16.8 Å². The van der Waals surface area contributed by atoms with Crippen LogP contribution in [0.2, 0.25) is 0 Å². The van der Waals surface area contributed by atoms with Gasteiger partial charge in [0.05, 0.1) is 11.0 Å².